The van der Waals surface area contributed by atoms with E-state index in [2.05, 4.69) is 6.07 Å². The predicted molar refractivity (Wildman–Crippen MR) is 78.3 cm³/mol. The molecule has 0 saturated carbocycles. The van der Waals surface area contributed by atoms with Crippen molar-refractivity contribution in [1.29, 1.82) is 0 Å². The number of aryl methyl sites for hydroxylation is 1. The molecule has 2 aromatic carbocycles. The van der Waals surface area contributed by atoms with Crippen LogP contribution in [0.1, 0.15) is 27.4 Å². The molecule has 0 bridgehead atoms. The van der Waals surface area contributed by atoms with Crippen molar-refractivity contribution >= 4 is 5.97 Å². The topological polar surface area (TPSA) is 55.8 Å². The molecule has 108 valence electrons. The summed E-state index contributed by atoms with van der Waals surface area (Å²) < 4.78 is 11.5. The van der Waals surface area contributed by atoms with Crippen molar-refractivity contribution in [3.8, 4) is 11.5 Å². The van der Waals surface area contributed by atoms with Crippen molar-refractivity contribution in [2.45, 2.75) is 12.8 Å². The van der Waals surface area contributed by atoms with Gasteiger partial charge in [-0.1, -0.05) is 18.2 Å². The first-order chi connectivity index (χ1) is 10.1. The smallest absolute Gasteiger partial charge is 0.335 e. The molecule has 3 rings (SSSR count). The third-order valence-corrected chi connectivity index (χ3v) is 3.66. The Morgan fingerprint density at radius 2 is 2.14 bits per heavy atom. The number of benzene rings is 2. The predicted octanol–water partition coefficient (Wildman–Crippen LogP) is 3.25. The average molecular weight is 284 g/mol. The molecule has 0 fully saturated rings. The van der Waals surface area contributed by atoms with Gasteiger partial charge in [0.15, 0.2) is 0 Å². The first kappa shape index (κ1) is 13.5. The van der Waals surface area contributed by atoms with Crippen LogP contribution in [-0.4, -0.2) is 24.3 Å². The molecule has 1 aliphatic heterocycles. The Hall–Kier alpha value is -2.49. The van der Waals surface area contributed by atoms with E-state index in [0.717, 1.165) is 16.9 Å². The molecule has 1 heterocycles. The van der Waals surface area contributed by atoms with Crippen LogP contribution in [0.25, 0.3) is 0 Å². The van der Waals surface area contributed by atoms with Gasteiger partial charge in [0.05, 0.1) is 24.7 Å². The van der Waals surface area contributed by atoms with E-state index in [1.54, 1.807) is 18.2 Å². The van der Waals surface area contributed by atoms with Crippen molar-refractivity contribution in [2.24, 2.45) is 0 Å². The maximum Gasteiger partial charge on any atom is 0.335 e. The monoisotopic (exact) mass is 284 g/mol. The second-order valence-corrected chi connectivity index (χ2v) is 5.14. The Morgan fingerprint density at radius 3 is 2.90 bits per heavy atom. The molecule has 0 spiro atoms. The summed E-state index contributed by atoms with van der Waals surface area (Å²) in [6.45, 7) is 2.98. The lowest BCUT2D eigenvalue weighted by Crippen LogP contribution is -2.12. The van der Waals surface area contributed by atoms with Crippen LogP contribution in [0.4, 0.5) is 0 Å². The molecule has 0 aromatic heterocycles. The van der Waals surface area contributed by atoms with Gasteiger partial charge in [-0.05, 0) is 36.8 Å². The van der Waals surface area contributed by atoms with Gasteiger partial charge in [-0.25, -0.2) is 4.79 Å². The largest absolute Gasteiger partial charge is 0.493 e. The van der Waals surface area contributed by atoms with Gasteiger partial charge in [0.2, 0.25) is 0 Å². The van der Waals surface area contributed by atoms with Crippen LogP contribution in [-0.2, 0) is 0 Å². The minimum absolute atomic E-state index is 0.208. The van der Waals surface area contributed by atoms with Gasteiger partial charge in [-0.15, -0.1) is 0 Å². The number of hydrogen-bond donors (Lipinski definition) is 1. The molecule has 0 aliphatic carbocycles. The standard InChI is InChI=1S/C17H16O4/c1-11-8-12(17(18)19)6-7-15(11)20-9-13-10-21-16-5-3-2-4-14(13)16/h2-8,13H,9-10H2,1H3,(H,18,19). The minimum Gasteiger partial charge on any atom is -0.493 e. The Bertz CT molecular complexity index is 678. The van der Waals surface area contributed by atoms with Crippen molar-refractivity contribution in [3.63, 3.8) is 0 Å². The van der Waals surface area contributed by atoms with E-state index in [1.807, 2.05) is 25.1 Å². The van der Waals surface area contributed by atoms with Gasteiger partial charge in [0.1, 0.15) is 11.5 Å². The van der Waals surface area contributed by atoms with Gasteiger partial charge in [-0.2, -0.15) is 0 Å². The summed E-state index contributed by atoms with van der Waals surface area (Å²) >= 11 is 0. The molecular weight excluding hydrogens is 268 g/mol. The van der Waals surface area contributed by atoms with Crippen LogP contribution in [0.3, 0.4) is 0 Å². The fraction of sp³-hybridized carbons (Fsp3) is 0.235. The Balaban J connectivity index is 1.70. The zero-order valence-corrected chi connectivity index (χ0v) is 11.7. The van der Waals surface area contributed by atoms with Gasteiger partial charge < -0.3 is 14.6 Å². The lowest BCUT2D eigenvalue weighted by molar-refractivity contribution is 0.0696. The number of hydrogen-bond acceptors (Lipinski definition) is 3. The summed E-state index contributed by atoms with van der Waals surface area (Å²) in [5.41, 5.74) is 2.26. The normalized spacial score (nSPS) is 16.1. The van der Waals surface area contributed by atoms with Crippen LogP contribution in [0, 0.1) is 6.92 Å². The number of ether oxygens (including phenoxy) is 2. The fourth-order valence-electron chi connectivity index (χ4n) is 2.50. The zero-order chi connectivity index (χ0) is 14.8. The summed E-state index contributed by atoms with van der Waals surface area (Å²) in [7, 11) is 0. The molecule has 0 radical (unpaired) electrons. The van der Waals surface area contributed by atoms with E-state index in [1.165, 1.54) is 0 Å². The quantitative estimate of drug-likeness (QED) is 0.936. The molecule has 0 amide bonds. The number of carboxylic acids is 1. The Morgan fingerprint density at radius 1 is 1.33 bits per heavy atom. The summed E-state index contributed by atoms with van der Waals surface area (Å²) in [6, 6.07) is 12.9. The summed E-state index contributed by atoms with van der Waals surface area (Å²) in [5.74, 6) is 0.913. The van der Waals surface area contributed by atoms with Gasteiger partial charge >= 0.3 is 5.97 Å². The van der Waals surface area contributed by atoms with Crippen molar-refractivity contribution in [3.05, 3.63) is 59.2 Å². The van der Waals surface area contributed by atoms with Crippen molar-refractivity contribution in [2.75, 3.05) is 13.2 Å². The molecule has 2 aromatic rings. The SMILES string of the molecule is Cc1cc(C(=O)O)ccc1OCC1COc2ccccc21. The second-order valence-electron chi connectivity index (χ2n) is 5.14. The van der Waals surface area contributed by atoms with E-state index < -0.39 is 5.97 Å². The highest BCUT2D eigenvalue weighted by Crippen LogP contribution is 2.34. The highest BCUT2D eigenvalue weighted by molar-refractivity contribution is 5.88. The summed E-state index contributed by atoms with van der Waals surface area (Å²) in [6.07, 6.45) is 0. The van der Waals surface area contributed by atoms with Gasteiger partial charge in [0, 0.05) is 5.56 Å². The van der Waals surface area contributed by atoms with Crippen LogP contribution in [0.5, 0.6) is 11.5 Å². The number of fused-ring (bicyclic) bond motifs is 1. The average Bonchev–Trinajstić information content (AvgIpc) is 2.89. The van der Waals surface area contributed by atoms with Crippen LogP contribution in [0.2, 0.25) is 0 Å². The first-order valence-corrected chi connectivity index (χ1v) is 6.83. The van der Waals surface area contributed by atoms with Crippen LogP contribution >= 0.6 is 0 Å². The molecular formula is C17H16O4. The third-order valence-electron chi connectivity index (χ3n) is 3.66. The molecule has 1 atom stereocenters. The third kappa shape index (κ3) is 2.70. The van der Waals surface area contributed by atoms with E-state index in [-0.39, 0.29) is 11.5 Å². The number of rotatable bonds is 4. The van der Waals surface area contributed by atoms with Gasteiger partial charge in [-0.3, -0.25) is 0 Å². The van der Waals surface area contributed by atoms with E-state index in [0.29, 0.717) is 19.0 Å². The Kier molecular flexibility index (Phi) is 3.52. The number of carbonyl (C=O) groups is 1. The van der Waals surface area contributed by atoms with Crippen LogP contribution in [0.15, 0.2) is 42.5 Å². The summed E-state index contributed by atoms with van der Waals surface area (Å²) in [5, 5.41) is 8.95. The van der Waals surface area contributed by atoms with Crippen molar-refractivity contribution < 1.29 is 19.4 Å². The summed E-state index contributed by atoms with van der Waals surface area (Å²) in [4.78, 5) is 10.9. The molecule has 1 unspecified atom stereocenters. The fourth-order valence-corrected chi connectivity index (χ4v) is 2.50. The molecule has 0 saturated heterocycles. The Labute approximate surface area is 122 Å². The maximum absolute atomic E-state index is 10.9. The number of para-hydroxylation sites is 1. The van der Waals surface area contributed by atoms with E-state index >= 15 is 0 Å². The number of aromatic carboxylic acids is 1. The van der Waals surface area contributed by atoms with Crippen molar-refractivity contribution in [1.82, 2.24) is 0 Å². The molecule has 21 heavy (non-hydrogen) atoms. The highest BCUT2D eigenvalue weighted by atomic mass is 16.5. The maximum atomic E-state index is 10.9. The van der Waals surface area contributed by atoms with Gasteiger partial charge in [0.25, 0.3) is 0 Å². The second kappa shape index (κ2) is 5.48. The molecule has 1 aliphatic rings. The minimum atomic E-state index is -0.928. The highest BCUT2D eigenvalue weighted by Gasteiger charge is 2.24. The number of carboxylic acid groups (broad SMARTS) is 1. The van der Waals surface area contributed by atoms with E-state index in [4.69, 9.17) is 14.6 Å². The molecule has 4 nitrogen and oxygen atoms in total. The van der Waals surface area contributed by atoms with Crippen LogP contribution < -0.4 is 9.47 Å². The molecule has 1 N–H and O–H groups in total. The zero-order valence-electron chi connectivity index (χ0n) is 11.7. The first-order valence-electron chi connectivity index (χ1n) is 6.83. The lowest BCUT2D eigenvalue weighted by Gasteiger charge is -2.13. The van der Waals surface area contributed by atoms with E-state index in [9.17, 15) is 4.79 Å². The lowest BCUT2D eigenvalue weighted by atomic mass is 10.0. The molecule has 4 heteroatoms.